The van der Waals surface area contributed by atoms with E-state index in [2.05, 4.69) is 10.4 Å². The summed E-state index contributed by atoms with van der Waals surface area (Å²) in [5, 5.41) is 12.7. The number of hydrogen-bond donors (Lipinski definition) is 1. The van der Waals surface area contributed by atoms with Crippen LogP contribution in [0.5, 0.6) is 0 Å². The molecule has 0 aromatic carbocycles. The van der Waals surface area contributed by atoms with Gasteiger partial charge in [-0.25, -0.2) is 4.98 Å². The molecule has 2 aromatic rings. The highest BCUT2D eigenvalue weighted by Crippen LogP contribution is 2.35. The third-order valence-corrected chi connectivity index (χ3v) is 4.46. The van der Waals surface area contributed by atoms with Crippen LogP contribution in [0, 0.1) is 0 Å². The molecule has 3 nitrogen and oxygen atoms in total. The van der Waals surface area contributed by atoms with Crippen molar-refractivity contribution in [1.29, 1.82) is 0 Å². The minimum atomic E-state index is -0.0994. The summed E-state index contributed by atoms with van der Waals surface area (Å²) in [6, 6.07) is 3.98. The molecule has 0 bridgehead atoms. The Kier molecular flexibility index (Phi) is 3.39. The molecule has 0 aliphatic heterocycles. The summed E-state index contributed by atoms with van der Waals surface area (Å²) < 4.78 is 0. The first-order chi connectivity index (χ1) is 8.83. The topological polar surface area (TPSA) is 46.0 Å². The molecule has 0 atom stereocenters. The summed E-state index contributed by atoms with van der Waals surface area (Å²) in [5.41, 5.74) is 2.27. The zero-order chi connectivity index (χ0) is 12.4. The van der Waals surface area contributed by atoms with Crippen molar-refractivity contribution in [2.45, 2.75) is 37.7 Å². The van der Waals surface area contributed by atoms with Gasteiger partial charge in [0.1, 0.15) is 5.01 Å². The fourth-order valence-corrected chi connectivity index (χ4v) is 3.36. The molecular weight excluding hydrogens is 244 g/mol. The molecule has 94 valence electrons. The number of nitrogens with zero attached hydrogens (tertiary/aromatic N) is 2. The van der Waals surface area contributed by atoms with Crippen LogP contribution in [0.3, 0.4) is 0 Å². The quantitative estimate of drug-likeness (QED) is 0.901. The van der Waals surface area contributed by atoms with Crippen LogP contribution in [0.1, 0.15) is 37.3 Å². The van der Waals surface area contributed by atoms with E-state index >= 15 is 0 Å². The largest absolute Gasteiger partial charge is 0.393 e. The monoisotopic (exact) mass is 260 g/mol. The van der Waals surface area contributed by atoms with Crippen LogP contribution in [-0.2, 0) is 0 Å². The molecule has 0 unspecified atom stereocenters. The number of aromatic nitrogens is 2. The molecule has 3 rings (SSSR count). The second-order valence-corrected chi connectivity index (χ2v) is 5.68. The molecule has 1 aliphatic carbocycles. The van der Waals surface area contributed by atoms with E-state index in [-0.39, 0.29) is 6.10 Å². The zero-order valence-electron chi connectivity index (χ0n) is 10.1. The van der Waals surface area contributed by atoms with E-state index in [0.29, 0.717) is 5.92 Å². The van der Waals surface area contributed by atoms with Crippen molar-refractivity contribution in [3.8, 4) is 10.6 Å². The molecule has 18 heavy (non-hydrogen) atoms. The third kappa shape index (κ3) is 2.44. The fraction of sp³-hybridized carbons (Fsp3) is 0.429. The van der Waals surface area contributed by atoms with Gasteiger partial charge in [0, 0.05) is 29.3 Å². The van der Waals surface area contributed by atoms with Gasteiger partial charge in [-0.3, -0.25) is 4.98 Å². The van der Waals surface area contributed by atoms with Gasteiger partial charge < -0.3 is 5.11 Å². The smallest absolute Gasteiger partial charge is 0.125 e. The van der Waals surface area contributed by atoms with Crippen LogP contribution in [0.4, 0.5) is 0 Å². The first-order valence-electron chi connectivity index (χ1n) is 6.37. The molecule has 0 radical (unpaired) electrons. The molecule has 2 aromatic heterocycles. The highest BCUT2D eigenvalue weighted by atomic mass is 32.1. The zero-order valence-corrected chi connectivity index (χ0v) is 10.9. The van der Waals surface area contributed by atoms with Crippen LogP contribution in [-0.4, -0.2) is 21.2 Å². The lowest BCUT2D eigenvalue weighted by molar-refractivity contribution is 0.122. The fourth-order valence-electron chi connectivity index (χ4n) is 2.47. The maximum atomic E-state index is 9.53. The average molecular weight is 260 g/mol. The Bertz CT molecular complexity index is 504. The summed E-state index contributed by atoms with van der Waals surface area (Å²) in [7, 11) is 0. The molecule has 1 aliphatic rings. The molecule has 1 saturated carbocycles. The highest BCUT2D eigenvalue weighted by Gasteiger charge is 2.22. The van der Waals surface area contributed by atoms with E-state index in [1.54, 1.807) is 17.5 Å². The highest BCUT2D eigenvalue weighted by molar-refractivity contribution is 7.13. The van der Waals surface area contributed by atoms with Crippen molar-refractivity contribution in [1.82, 2.24) is 9.97 Å². The summed E-state index contributed by atoms with van der Waals surface area (Å²) in [6.45, 7) is 0. The normalized spacial score (nSPS) is 24.1. The van der Waals surface area contributed by atoms with Crippen LogP contribution in [0.25, 0.3) is 10.6 Å². The SMILES string of the molecule is OC1CCC(c2csc(-c3cccnc3)n2)CC1. The molecule has 2 heterocycles. The number of aliphatic hydroxyl groups excluding tert-OH is 1. The van der Waals surface area contributed by atoms with Crippen LogP contribution in [0.2, 0.25) is 0 Å². The molecule has 1 N–H and O–H groups in total. The number of thiazole rings is 1. The van der Waals surface area contributed by atoms with E-state index in [0.717, 1.165) is 36.3 Å². The van der Waals surface area contributed by atoms with Crippen molar-refractivity contribution in [3.05, 3.63) is 35.6 Å². The third-order valence-electron chi connectivity index (χ3n) is 3.55. The summed E-state index contributed by atoms with van der Waals surface area (Å²) in [4.78, 5) is 8.85. The number of pyridine rings is 1. The lowest BCUT2D eigenvalue weighted by Crippen LogP contribution is -2.17. The van der Waals surface area contributed by atoms with E-state index in [1.165, 1.54) is 5.69 Å². The van der Waals surface area contributed by atoms with E-state index in [1.807, 2.05) is 18.3 Å². The van der Waals surface area contributed by atoms with Gasteiger partial charge in [0.15, 0.2) is 0 Å². The van der Waals surface area contributed by atoms with Gasteiger partial charge in [-0.2, -0.15) is 0 Å². The summed E-state index contributed by atoms with van der Waals surface area (Å²) in [6.07, 6.45) is 7.45. The minimum absolute atomic E-state index is 0.0994. The molecule has 0 spiro atoms. The molecule has 4 heteroatoms. The van der Waals surface area contributed by atoms with Gasteiger partial charge >= 0.3 is 0 Å². The molecule has 0 saturated heterocycles. The van der Waals surface area contributed by atoms with Gasteiger partial charge in [-0.1, -0.05) is 0 Å². The van der Waals surface area contributed by atoms with Crippen molar-refractivity contribution >= 4 is 11.3 Å². The second kappa shape index (κ2) is 5.16. The molecular formula is C14H16N2OS. The maximum Gasteiger partial charge on any atom is 0.125 e. The van der Waals surface area contributed by atoms with E-state index in [4.69, 9.17) is 4.98 Å². The number of rotatable bonds is 2. The summed E-state index contributed by atoms with van der Waals surface area (Å²) >= 11 is 1.68. The van der Waals surface area contributed by atoms with Crippen LogP contribution in [0.15, 0.2) is 29.9 Å². The number of aliphatic hydroxyl groups is 1. The second-order valence-electron chi connectivity index (χ2n) is 4.82. The minimum Gasteiger partial charge on any atom is -0.393 e. The maximum absolute atomic E-state index is 9.53. The van der Waals surface area contributed by atoms with Crippen molar-refractivity contribution in [2.75, 3.05) is 0 Å². The van der Waals surface area contributed by atoms with Gasteiger partial charge in [-0.15, -0.1) is 11.3 Å². The lowest BCUT2D eigenvalue weighted by atomic mass is 9.86. The lowest BCUT2D eigenvalue weighted by Gasteiger charge is -2.23. The Morgan fingerprint density at radius 1 is 1.22 bits per heavy atom. The first kappa shape index (κ1) is 11.8. The Morgan fingerprint density at radius 3 is 2.78 bits per heavy atom. The van der Waals surface area contributed by atoms with E-state index < -0.39 is 0 Å². The predicted octanol–water partition coefficient (Wildman–Crippen LogP) is 3.22. The van der Waals surface area contributed by atoms with Crippen LogP contribution >= 0.6 is 11.3 Å². The predicted molar refractivity (Wildman–Crippen MR) is 72.6 cm³/mol. The van der Waals surface area contributed by atoms with E-state index in [9.17, 15) is 5.11 Å². The molecule has 0 amide bonds. The Morgan fingerprint density at radius 2 is 2.06 bits per heavy atom. The van der Waals surface area contributed by atoms with Crippen molar-refractivity contribution in [2.24, 2.45) is 0 Å². The molecule has 1 fully saturated rings. The van der Waals surface area contributed by atoms with Gasteiger partial charge in [0.05, 0.1) is 11.8 Å². The van der Waals surface area contributed by atoms with Crippen LogP contribution < -0.4 is 0 Å². The first-order valence-corrected chi connectivity index (χ1v) is 7.25. The van der Waals surface area contributed by atoms with Gasteiger partial charge in [0.25, 0.3) is 0 Å². The van der Waals surface area contributed by atoms with Crippen molar-refractivity contribution in [3.63, 3.8) is 0 Å². The van der Waals surface area contributed by atoms with Crippen molar-refractivity contribution < 1.29 is 5.11 Å². The number of hydrogen-bond acceptors (Lipinski definition) is 4. The van der Waals surface area contributed by atoms with Gasteiger partial charge in [-0.05, 0) is 37.8 Å². The van der Waals surface area contributed by atoms with Gasteiger partial charge in [0.2, 0.25) is 0 Å². The average Bonchev–Trinajstić information content (AvgIpc) is 2.90. The Labute approximate surface area is 111 Å². The Hall–Kier alpha value is -1.26. The standard InChI is InChI=1S/C14H16N2OS/c17-12-5-3-10(4-6-12)13-9-18-14(16-13)11-2-1-7-15-8-11/h1-2,7-10,12,17H,3-6H2. The Balaban J connectivity index is 1.78. The summed E-state index contributed by atoms with van der Waals surface area (Å²) in [5.74, 6) is 0.523.